The van der Waals surface area contributed by atoms with Crippen LogP contribution in [0.5, 0.6) is 0 Å². The van der Waals surface area contributed by atoms with E-state index in [0.29, 0.717) is 15.7 Å². The van der Waals surface area contributed by atoms with Crippen molar-refractivity contribution in [1.29, 1.82) is 5.26 Å². The maximum Gasteiger partial charge on any atom is 0.266 e. The zero-order chi connectivity index (χ0) is 22.0. The number of nitrogens with one attached hydrogen (secondary N) is 1. The number of anilines is 1. The van der Waals surface area contributed by atoms with Crippen LogP contribution in [0.1, 0.15) is 28.1 Å². The molecule has 0 radical (unpaired) electrons. The van der Waals surface area contributed by atoms with Crippen LogP contribution in [-0.2, 0) is 4.79 Å². The Morgan fingerprint density at radius 2 is 1.83 bits per heavy atom. The summed E-state index contributed by atoms with van der Waals surface area (Å²) in [4.78, 5) is 12.7. The summed E-state index contributed by atoms with van der Waals surface area (Å²) in [5.41, 5.74) is 6.11. The van der Waals surface area contributed by atoms with Crippen molar-refractivity contribution < 1.29 is 4.79 Å². The number of rotatable bonds is 4. The summed E-state index contributed by atoms with van der Waals surface area (Å²) < 4.78 is 1.97. The van der Waals surface area contributed by atoms with E-state index in [4.69, 9.17) is 23.2 Å². The molecule has 0 unspecified atom stereocenters. The molecule has 0 spiro atoms. The highest BCUT2D eigenvalue weighted by Crippen LogP contribution is 2.29. The molecule has 1 amide bonds. The molecule has 3 aromatic rings. The highest BCUT2D eigenvalue weighted by atomic mass is 35.5. The normalized spacial score (nSPS) is 11.3. The molecule has 0 fully saturated rings. The van der Waals surface area contributed by atoms with Gasteiger partial charge >= 0.3 is 0 Å². The van der Waals surface area contributed by atoms with Crippen molar-refractivity contribution in [3.05, 3.63) is 86.2 Å². The molecule has 2 aromatic carbocycles. The standard InChI is InChI=1S/C24H21Cl2N3O/c1-14-6-5-7-22(16(14)3)28-24(30)19(13-27)11-18-10-15(2)29(17(18)4)23-9-8-20(25)12-21(23)26/h5-12H,1-4H3,(H,28,30)/b19-11+. The third-order valence-corrected chi connectivity index (χ3v) is 5.68. The van der Waals surface area contributed by atoms with E-state index in [1.807, 2.05) is 68.7 Å². The molecule has 0 saturated heterocycles. The van der Waals surface area contributed by atoms with Crippen LogP contribution in [0.4, 0.5) is 5.69 Å². The molecule has 0 aliphatic heterocycles. The number of amides is 1. The Kier molecular flexibility index (Phi) is 6.36. The average molecular weight is 438 g/mol. The van der Waals surface area contributed by atoms with Crippen molar-refractivity contribution in [2.75, 3.05) is 5.32 Å². The second-order valence-electron chi connectivity index (χ2n) is 7.13. The monoisotopic (exact) mass is 437 g/mol. The van der Waals surface area contributed by atoms with Gasteiger partial charge in [-0.3, -0.25) is 4.79 Å². The summed E-state index contributed by atoms with van der Waals surface area (Å²) in [6.45, 7) is 7.77. The topological polar surface area (TPSA) is 57.8 Å². The number of aromatic nitrogens is 1. The van der Waals surface area contributed by atoms with E-state index < -0.39 is 5.91 Å². The quantitative estimate of drug-likeness (QED) is 0.370. The molecule has 152 valence electrons. The van der Waals surface area contributed by atoms with E-state index in [1.54, 1.807) is 18.2 Å². The third-order valence-electron chi connectivity index (χ3n) is 5.14. The van der Waals surface area contributed by atoms with E-state index in [-0.39, 0.29) is 5.57 Å². The van der Waals surface area contributed by atoms with E-state index in [0.717, 1.165) is 33.8 Å². The van der Waals surface area contributed by atoms with Crippen LogP contribution in [0, 0.1) is 39.0 Å². The van der Waals surface area contributed by atoms with Gasteiger partial charge in [-0.25, -0.2) is 0 Å². The fraction of sp³-hybridized carbons (Fsp3) is 0.167. The molecule has 6 heteroatoms. The number of carbonyl (C=O) groups excluding carboxylic acids is 1. The first-order valence-electron chi connectivity index (χ1n) is 9.36. The molecule has 30 heavy (non-hydrogen) atoms. The van der Waals surface area contributed by atoms with Gasteiger partial charge in [0.1, 0.15) is 11.6 Å². The SMILES string of the molecule is Cc1cccc(NC(=O)/C(C#N)=C/c2cc(C)n(-c3ccc(Cl)cc3Cl)c2C)c1C. The highest BCUT2D eigenvalue weighted by Gasteiger charge is 2.16. The summed E-state index contributed by atoms with van der Waals surface area (Å²) in [6.07, 6.45) is 1.60. The van der Waals surface area contributed by atoms with Crippen molar-refractivity contribution in [2.24, 2.45) is 0 Å². The van der Waals surface area contributed by atoms with E-state index in [2.05, 4.69) is 5.32 Å². The molecule has 1 aromatic heterocycles. The molecule has 0 atom stereocenters. The van der Waals surface area contributed by atoms with Crippen molar-refractivity contribution in [3.63, 3.8) is 0 Å². The van der Waals surface area contributed by atoms with Crippen LogP contribution in [0.25, 0.3) is 11.8 Å². The van der Waals surface area contributed by atoms with E-state index in [1.165, 1.54) is 0 Å². The zero-order valence-electron chi connectivity index (χ0n) is 17.2. The molecule has 1 N–H and O–H groups in total. The van der Waals surface area contributed by atoms with Crippen molar-refractivity contribution >= 4 is 40.9 Å². The molecule has 0 aliphatic carbocycles. The van der Waals surface area contributed by atoms with Crippen LogP contribution in [0.3, 0.4) is 0 Å². The minimum atomic E-state index is -0.444. The van der Waals surface area contributed by atoms with Gasteiger partial charge in [0, 0.05) is 22.1 Å². The number of benzene rings is 2. The third kappa shape index (κ3) is 4.28. The lowest BCUT2D eigenvalue weighted by Crippen LogP contribution is -2.14. The maximum atomic E-state index is 12.7. The lowest BCUT2D eigenvalue weighted by molar-refractivity contribution is -0.112. The fourth-order valence-electron chi connectivity index (χ4n) is 3.35. The first kappa shape index (κ1) is 21.7. The zero-order valence-corrected chi connectivity index (χ0v) is 18.7. The minimum Gasteiger partial charge on any atom is -0.321 e. The van der Waals surface area contributed by atoms with Crippen molar-refractivity contribution in [3.8, 4) is 11.8 Å². The Labute approximate surface area is 186 Å². The van der Waals surface area contributed by atoms with Crippen LogP contribution >= 0.6 is 23.2 Å². The smallest absolute Gasteiger partial charge is 0.266 e. The van der Waals surface area contributed by atoms with Crippen molar-refractivity contribution in [1.82, 2.24) is 4.57 Å². The van der Waals surface area contributed by atoms with E-state index in [9.17, 15) is 10.1 Å². The molecule has 0 bridgehead atoms. The second kappa shape index (κ2) is 8.79. The van der Waals surface area contributed by atoms with Crippen molar-refractivity contribution in [2.45, 2.75) is 27.7 Å². The Hall–Kier alpha value is -3.00. The Bertz CT molecular complexity index is 1220. The largest absolute Gasteiger partial charge is 0.321 e. The highest BCUT2D eigenvalue weighted by molar-refractivity contribution is 6.35. The van der Waals surface area contributed by atoms with Gasteiger partial charge in [-0.1, -0.05) is 35.3 Å². The molecular weight excluding hydrogens is 417 g/mol. The Balaban J connectivity index is 1.98. The predicted molar refractivity (Wildman–Crippen MR) is 123 cm³/mol. The number of carbonyl (C=O) groups is 1. The Morgan fingerprint density at radius 3 is 2.50 bits per heavy atom. The van der Waals surface area contributed by atoms with Crippen LogP contribution in [0.15, 0.2) is 48.0 Å². The summed E-state index contributed by atoms with van der Waals surface area (Å²) in [5.74, 6) is -0.444. The fourth-order valence-corrected chi connectivity index (χ4v) is 3.84. The number of nitrogens with zero attached hydrogens (tertiary/aromatic N) is 2. The minimum absolute atomic E-state index is 0.0263. The van der Waals surface area contributed by atoms with Crippen LogP contribution < -0.4 is 5.32 Å². The number of hydrogen-bond donors (Lipinski definition) is 1. The molecule has 3 rings (SSSR count). The summed E-state index contributed by atoms with van der Waals surface area (Å²) >= 11 is 12.4. The van der Waals surface area contributed by atoms with Gasteiger partial charge in [-0.15, -0.1) is 0 Å². The van der Waals surface area contributed by atoms with Gasteiger partial charge in [-0.05, 0) is 80.8 Å². The number of aryl methyl sites for hydroxylation is 2. The van der Waals surface area contributed by atoms with Gasteiger partial charge in [0.15, 0.2) is 0 Å². The number of hydrogen-bond acceptors (Lipinski definition) is 2. The second-order valence-corrected chi connectivity index (χ2v) is 7.97. The summed E-state index contributed by atoms with van der Waals surface area (Å²) in [5, 5.41) is 13.5. The Morgan fingerprint density at radius 1 is 1.10 bits per heavy atom. The molecule has 0 aliphatic rings. The number of halogens is 2. The predicted octanol–water partition coefficient (Wildman–Crippen LogP) is 6.56. The number of nitriles is 1. The van der Waals surface area contributed by atoms with Crippen LogP contribution in [-0.4, -0.2) is 10.5 Å². The first-order chi connectivity index (χ1) is 14.2. The maximum absolute atomic E-state index is 12.7. The average Bonchev–Trinajstić information content (AvgIpc) is 2.97. The van der Waals surface area contributed by atoms with Gasteiger partial charge in [-0.2, -0.15) is 5.26 Å². The van der Waals surface area contributed by atoms with Gasteiger partial charge in [0.25, 0.3) is 5.91 Å². The molecule has 1 heterocycles. The van der Waals surface area contributed by atoms with E-state index >= 15 is 0 Å². The van der Waals surface area contributed by atoms with Gasteiger partial charge < -0.3 is 9.88 Å². The molecule has 4 nitrogen and oxygen atoms in total. The lowest BCUT2D eigenvalue weighted by atomic mass is 10.1. The lowest BCUT2D eigenvalue weighted by Gasteiger charge is -2.12. The van der Waals surface area contributed by atoms with Crippen LogP contribution in [0.2, 0.25) is 10.0 Å². The summed E-state index contributed by atoms with van der Waals surface area (Å²) in [6, 6.07) is 14.9. The first-order valence-corrected chi connectivity index (χ1v) is 10.1. The van der Waals surface area contributed by atoms with Gasteiger partial charge in [0.2, 0.25) is 0 Å². The molecule has 0 saturated carbocycles. The molecular formula is C24H21Cl2N3O. The van der Waals surface area contributed by atoms with Gasteiger partial charge in [0.05, 0.1) is 10.7 Å². The summed E-state index contributed by atoms with van der Waals surface area (Å²) in [7, 11) is 0.